The van der Waals surface area contributed by atoms with Gasteiger partial charge in [-0.2, -0.15) is 0 Å². The van der Waals surface area contributed by atoms with E-state index in [0.29, 0.717) is 38.9 Å². The number of ether oxygens (including phenoxy) is 8. The molecule has 0 radical (unpaired) electrons. The summed E-state index contributed by atoms with van der Waals surface area (Å²) < 4.78 is 71.0. The molecule has 0 amide bonds. The molecule has 0 spiro atoms. The summed E-state index contributed by atoms with van der Waals surface area (Å²) in [6.07, 6.45) is 2.34. The lowest BCUT2D eigenvalue weighted by molar-refractivity contribution is -0.142. The van der Waals surface area contributed by atoms with E-state index in [-0.39, 0.29) is 73.8 Å². The van der Waals surface area contributed by atoms with Crippen molar-refractivity contribution >= 4 is 23.9 Å². The molecule has 16 heteroatoms. The molecule has 2 N–H and O–H groups in total. The van der Waals surface area contributed by atoms with Crippen LogP contribution in [0.4, 0.5) is 8.78 Å². The monoisotopic (exact) mass is 786 g/mol. The standard InChI is InChI=1S/C40H44F2O14/c1-3-37(45)53-25-27(43)23-49-17-5-7-19-51-31-13-15-33(35(41)21-31)39(47)55-29-9-11-30(12-10-29)56-40(48)34-16-14-32(22-36(34)42)52-20-8-6-18-50-24-28(44)26-54-38(46)4-2/h3-4,9-16,21-22,27-28,43-44H,1-2,5-8,17-20,23-26H2. The minimum atomic E-state index is -0.976. The molecule has 0 bridgehead atoms. The smallest absolute Gasteiger partial charge is 0.346 e. The second-order valence-corrected chi connectivity index (χ2v) is 11.8. The number of carbonyl (C=O) groups is 4. The fourth-order valence-electron chi connectivity index (χ4n) is 4.40. The third-order valence-electron chi connectivity index (χ3n) is 7.26. The van der Waals surface area contributed by atoms with Gasteiger partial charge in [0, 0.05) is 37.5 Å². The zero-order valence-electron chi connectivity index (χ0n) is 30.5. The van der Waals surface area contributed by atoms with Gasteiger partial charge in [-0.1, -0.05) is 13.2 Å². The molecule has 0 aromatic heterocycles. The lowest BCUT2D eigenvalue weighted by Gasteiger charge is -2.12. The van der Waals surface area contributed by atoms with Gasteiger partial charge in [-0.3, -0.25) is 0 Å². The maximum Gasteiger partial charge on any atom is 0.346 e. The first-order chi connectivity index (χ1) is 27.0. The average Bonchev–Trinajstić information content (AvgIpc) is 3.18. The summed E-state index contributed by atoms with van der Waals surface area (Å²) in [4.78, 5) is 47.2. The molecule has 3 aromatic rings. The Bertz CT molecular complexity index is 1620. The summed E-state index contributed by atoms with van der Waals surface area (Å²) in [6.45, 7) is 7.19. The Labute approximate surface area is 322 Å². The van der Waals surface area contributed by atoms with E-state index in [4.69, 9.17) is 37.9 Å². The number of esters is 4. The molecule has 0 aliphatic carbocycles. The van der Waals surface area contributed by atoms with Gasteiger partial charge < -0.3 is 48.1 Å². The molecule has 0 saturated carbocycles. The summed E-state index contributed by atoms with van der Waals surface area (Å²) in [5.41, 5.74) is -0.678. The Balaban J connectivity index is 1.34. The highest BCUT2D eigenvalue weighted by Crippen LogP contribution is 2.24. The van der Waals surface area contributed by atoms with Crippen molar-refractivity contribution in [2.45, 2.75) is 37.9 Å². The Morgan fingerprint density at radius 1 is 0.554 bits per heavy atom. The summed E-state index contributed by atoms with van der Waals surface area (Å²) in [6, 6.07) is 12.7. The lowest BCUT2D eigenvalue weighted by Crippen LogP contribution is -2.23. The van der Waals surface area contributed by atoms with Gasteiger partial charge >= 0.3 is 23.9 Å². The van der Waals surface area contributed by atoms with Crippen molar-refractivity contribution in [3.63, 3.8) is 0 Å². The van der Waals surface area contributed by atoms with Gasteiger partial charge in [0.2, 0.25) is 0 Å². The topological polar surface area (TPSA) is 183 Å². The van der Waals surface area contributed by atoms with Gasteiger partial charge in [0.1, 0.15) is 60.1 Å². The van der Waals surface area contributed by atoms with E-state index < -0.39 is 47.7 Å². The maximum absolute atomic E-state index is 14.7. The van der Waals surface area contributed by atoms with Crippen LogP contribution < -0.4 is 18.9 Å². The SMILES string of the molecule is C=CC(=O)OCC(O)COCCCCOc1ccc(C(=O)Oc2ccc(OC(=O)c3ccc(OCCCCOCC(O)COC(=O)C=C)cc3F)cc2)c(F)c1. The number of hydrogen-bond donors (Lipinski definition) is 2. The molecule has 302 valence electrons. The van der Waals surface area contributed by atoms with Gasteiger partial charge in [-0.15, -0.1) is 0 Å². The van der Waals surface area contributed by atoms with E-state index in [9.17, 15) is 38.2 Å². The van der Waals surface area contributed by atoms with Crippen LogP contribution in [0.15, 0.2) is 86.0 Å². The van der Waals surface area contributed by atoms with E-state index in [1.807, 2.05) is 0 Å². The predicted octanol–water partition coefficient (Wildman–Crippen LogP) is 4.93. The summed E-state index contributed by atoms with van der Waals surface area (Å²) in [7, 11) is 0. The first-order valence-corrected chi connectivity index (χ1v) is 17.5. The van der Waals surface area contributed by atoms with Gasteiger partial charge in [0.25, 0.3) is 0 Å². The Morgan fingerprint density at radius 2 is 0.911 bits per heavy atom. The van der Waals surface area contributed by atoms with Crippen LogP contribution in [-0.4, -0.2) is 99.2 Å². The molecule has 0 heterocycles. The van der Waals surface area contributed by atoms with Crippen molar-refractivity contribution in [2.24, 2.45) is 0 Å². The molecular formula is C40H44F2O14. The Hall–Kier alpha value is -5.68. The largest absolute Gasteiger partial charge is 0.493 e. The second-order valence-electron chi connectivity index (χ2n) is 11.8. The van der Waals surface area contributed by atoms with Crippen LogP contribution >= 0.6 is 0 Å². The van der Waals surface area contributed by atoms with E-state index in [1.165, 1.54) is 48.5 Å². The molecule has 2 unspecified atom stereocenters. The highest BCUT2D eigenvalue weighted by Gasteiger charge is 2.18. The van der Waals surface area contributed by atoms with Crippen LogP contribution in [0.2, 0.25) is 0 Å². The van der Waals surface area contributed by atoms with Crippen molar-refractivity contribution in [1.82, 2.24) is 0 Å². The number of carbonyl (C=O) groups excluding carboxylic acids is 4. The van der Waals surface area contributed by atoms with Crippen molar-refractivity contribution < 1.29 is 76.1 Å². The van der Waals surface area contributed by atoms with Crippen molar-refractivity contribution in [3.8, 4) is 23.0 Å². The molecule has 14 nitrogen and oxygen atoms in total. The second kappa shape index (κ2) is 24.7. The first-order valence-electron chi connectivity index (χ1n) is 17.5. The van der Waals surface area contributed by atoms with Crippen LogP contribution in [0, 0.1) is 11.6 Å². The molecule has 2 atom stereocenters. The third kappa shape index (κ3) is 16.8. The van der Waals surface area contributed by atoms with Crippen LogP contribution in [0.1, 0.15) is 46.4 Å². The molecule has 0 saturated heterocycles. The molecule has 0 aliphatic rings. The minimum absolute atomic E-state index is 0.0164. The number of aliphatic hydroxyl groups excluding tert-OH is 2. The molecule has 3 rings (SSSR count). The predicted molar refractivity (Wildman–Crippen MR) is 195 cm³/mol. The Kier molecular flexibility index (Phi) is 19.7. The number of hydrogen-bond acceptors (Lipinski definition) is 14. The number of rotatable bonds is 26. The number of halogens is 2. The van der Waals surface area contributed by atoms with Crippen molar-refractivity contribution in [1.29, 1.82) is 0 Å². The van der Waals surface area contributed by atoms with E-state index in [0.717, 1.165) is 24.3 Å². The summed E-state index contributed by atoms with van der Waals surface area (Å²) in [5, 5.41) is 19.4. The van der Waals surface area contributed by atoms with Gasteiger partial charge in [-0.25, -0.2) is 28.0 Å². The Morgan fingerprint density at radius 3 is 1.27 bits per heavy atom. The molecule has 3 aromatic carbocycles. The van der Waals surface area contributed by atoms with Gasteiger partial charge in [0.15, 0.2) is 0 Å². The van der Waals surface area contributed by atoms with E-state index in [1.54, 1.807) is 0 Å². The average molecular weight is 787 g/mol. The third-order valence-corrected chi connectivity index (χ3v) is 7.26. The molecule has 0 fully saturated rings. The highest BCUT2D eigenvalue weighted by atomic mass is 19.1. The van der Waals surface area contributed by atoms with Crippen molar-refractivity contribution in [3.05, 3.63) is 109 Å². The van der Waals surface area contributed by atoms with Crippen LogP contribution in [-0.2, 0) is 28.5 Å². The zero-order valence-corrected chi connectivity index (χ0v) is 30.5. The zero-order chi connectivity index (χ0) is 40.7. The fraction of sp³-hybridized carbons (Fsp3) is 0.350. The highest BCUT2D eigenvalue weighted by molar-refractivity contribution is 5.92. The number of unbranched alkanes of at least 4 members (excludes halogenated alkanes) is 2. The maximum atomic E-state index is 14.7. The fourth-order valence-corrected chi connectivity index (χ4v) is 4.40. The summed E-state index contributed by atoms with van der Waals surface area (Å²) >= 11 is 0. The minimum Gasteiger partial charge on any atom is -0.493 e. The van der Waals surface area contributed by atoms with E-state index >= 15 is 0 Å². The van der Waals surface area contributed by atoms with Gasteiger partial charge in [0.05, 0.1) is 37.6 Å². The lowest BCUT2D eigenvalue weighted by atomic mass is 10.2. The molecular weight excluding hydrogens is 742 g/mol. The van der Waals surface area contributed by atoms with Crippen LogP contribution in [0.5, 0.6) is 23.0 Å². The molecule has 56 heavy (non-hydrogen) atoms. The normalized spacial score (nSPS) is 11.8. The van der Waals surface area contributed by atoms with Crippen LogP contribution in [0.25, 0.3) is 0 Å². The van der Waals surface area contributed by atoms with Gasteiger partial charge in [-0.05, 0) is 74.2 Å². The molecule has 0 aliphatic heterocycles. The van der Waals surface area contributed by atoms with Crippen molar-refractivity contribution in [2.75, 3.05) is 52.9 Å². The summed E-state index contributed by atoms with van der Waals surface area (Å²) in [5.74, 6) is -4.50. The van der Waals surface area contributed by atoms with Crippen LogP contribution in [0.3, 0.4) is 0 Å². The first kappa shape index (κ1) is 44.7. The quantitative estimate of drug-likeness (QED) is 0.0483. The number of aliphatic hydroxyl groups is 2. The number of benzene rings is 3. The van der Waals surface area contributed by atoms with E-state index in [2.05, 4.69) is 13.2 Å².